The molecule has 3 aromatic carbocycles. The van der Waals surface area contributed by atoms with Crippen LogP contribution in [0.1, 0.15) is 19.4 Å². The van der Waals surface area contributed by atoms with Gasteiger partial charge in [0.1, 0.15) is 5.75 Å². The fraction of sp³-hybridized carbons (Fsp3) is 0.192. The summed E-state index contributed by atoms with van der Waals surface area (Å²) in [7, 11) is 0. The zero-order valence-corrected chi connectivity index (χ0v) is 20.5. The maximum Gasteiger partial charge on any atom is 0.239 e. The molecule has 0 saturated heterocycles. The van der Waals surface area contributed by atoms with Crippen molar-refractivity contribution >= 4 is 55.9 Å². The van der Waals surface area contributed by atoms with E-state index in [0.29, 0.717) is 23.8 Å². The normalized spacial score (nSPS) is 11.7. The van der Waals surface area contributed by atoms with Crippen LogP contribution in [-0.2, 0) is 16.0 Å². The van der Waals surface area contributed by atoms with Crippen LogP contribution in [0.5, 0.6) is 5.75 Å². The molecule has 0 spiro atoms. The molecule has 4 aromatic rings. The van der Waals surface area contributed by atoms with Crippen molar-refractivity contribution in [1.82, 2.24) is 4.98 Å². The van der Waals surface area contributed by atoms with Gasteiger partial charge in [0.15, 0.2) is 5.13 Å². The van der Waals surface area contributed by atoms with E-state index in [-0.39, 0.29) is 17.1 Å². The predicted molar refractivity (Wildman–Crippen MR) is 140 cm³/mol. The Morgan fingerprint density at radius 3 is 2.65 bits per heavy atom. The molecule has 0 saturated carbocycles. The van der Waals surface area contributed by atoms with E-state index in [1.807, 2.05) is 86.6 Å². The van der Waals surface area contributed by atoms with E-state index in [2.05, 4.69) is 15.6 Å². The number of thiazole rings is 1. The summed E-state index contributed by atoms with van der Waals surface area (Å²) in [6.07, 6.45) is 0.311. The Balaban J connectivity index is 1.35. The van der Waals surface area contributed by atoms with E-state index in [4.69, 9.17) is 4.74 Å². The van der Waals surface area contributed by atoms with Crippen LogP contribution in [0.4, 0.5) is 10.8 Å². The van der Waals surface area contributed by atoms with Gasteiger partial charge in [0.25, 0.3) is 0 Å². The first kappa shape index (κ1) is 23.8. The van der Waals surface area contributed by atoms with E-state index >= 15 is 0 Å². The Labute approximate surface area is 206 Å². The minimum atomic E-state index is -0.346. The van der Waals surface area contributed by atoms with Crippen molar-refractivity contribution in [3.63, 3.8) is 0 Å². The molecule has 6 nitrogen and oxygen atoms in total. The third kappa shape index (κ3) is 6.36. The van der Waals surface area contributed by atoms with Crippen LogP contribution < -0.4 is 15.4 Å². The average molecular weight is 492 g/mol. The summed E-state index contributed by atoms with van der Waals surface area (Å²) in [5.74, 6) is 0.575. The molecule has 0 aliphatic carbocycles. The summed E-state index contributed by atoms with van der Waals surface area (Å²) < 4.78 is 6.49. The first-order valence-electron chi connectivity index (χ1n) is 10.9. The molecule has 1 heterocycles. The van der Waals surface area contributed by atoms with E-state index in [0.717, 1.165) is 26.4 Å². The van der Waals surface area contributed by atoms with Crippen LogP contribution in [0.2, 0.25) is 0 Å². The lowest BCUT2D eigenvalue weighted by Gasteiger charge is -2.12. The molecule has 34 heavy (non-hydrogen) atoms. The van der Waals surface area contributed by atoms with Gasteiger partial charge in [0, 0.05) is 10.6 Å². The molecule has 2 amide bonds. The van der Waals surface area contributed by atoms with Gasteiger partial charge in [0.2, 0.25) is 11.8 Å². The molecule has 1 atom stereocenters. The number of amides is 2. The molecule has 0 aliphatic heterocycles. The first-order valence-corrected chi connectivity index (χ1v) is 12.6. The molecule has 1 unspecified atom stereocenters. The Morgan fingerprint density at radius 2 is 1.85 bits per heavy atom. The minimum Gasteiger partial charge on any atom is -0.494 e. The predicted octanol–water partition coefficient (Wildman–Crippen LogP) is 6.00. The highest BCUT2D eigenvalue weighted by Gasteiger charge is 2.17. The third-order valence-corrected chi connectivity index (χ3v) is 6.94. The highest BCUT2D eigenvalue weighted by molar-refractivity contribution is 8.00. The Hall–Kier alpha value is -3.36. The van der Waals surface area contributed by atoms with Crippen LogP contribution in [0.15, 0.2) is 77.7 Å². The number of thioether (sulfide) groups is 1. The summed E-state index contributed by atoms with van der Waals surface area (Å²) in [4.78, 5) is 30.5. The summed E-state index contributed by atoms with van der Waals surface area (Å²) in [6.45, 7) is 4.39. The molecular formula is C26H25N3O3S2. The van der Waals surface area contributed by atoms with Crippen LogP contribution in [-0.4, -0.2) is 28.7 Å². The van der Waals surface area contributed by atoms with Gasteiger partial charge >= 0.3 is 0 Å². The number of nitrogens with zero attached hydrogens (tertiary/aromatic N) is 1. The molecule has 0 bridgehead atoms. The molecule has 0 fully saturated rings. The maximum atomic E-state index is 12.8. The number of rotatable bonds is 9. The van der Waals surface area contributed by atoms with Crippen molar-refractivity contribution in [2.24, 2.45) is 0 Å². The van der Waals surface area contributed by atoms with Gasteiger partial charge in [-0.15, -0.1) is 11.8 Å². The molecule has 4 rings (SSSR count). The quantitative estimate of drug-likeness (QED) is 0.281. The van der Waals surface area contributed by atoms with Gasteiger partial charge in [0.05, 0.1) is 28.5 Å². The summed E-state index contributed by atoms with van der Waals surface area (Å²) in [5.41, 5.74) is 2.48. The van der Waals surface area contributed by atoms with Gasteiger partial charge in [-0.2, -0.15) is 0 Å². The Bertz CT molecular complexity index is 1290. The second-order valence-electron chi connectivity index (χ2n) is 7.57. The highest BCUT2D eigenvalue weighted by Crippen LogP contribution is 2.31. The Morgan fingerprint density at radius 1 is 1.03 bits per heavy atom. The molecule has 0 radical (unpaired) electrons. The van der Waals surface area contributed by atoms with Crippen molar-refractivity contribution in [2.75, 3.05) is 17.2 Å². The topological polar surface area (TPSA) is 80.3 Å². The van der Waals surface area contributed by atoms with E-state index < -0.39 is 0 Å². The van der Waals surface area contributed by atoms with E-state index in [1.54, 1.807) is 0 Å². The minimum absolute atomic E-state index is 0.0810. The standard InChI is InChI=1S/C26H25N3O3S2/c1-3-32-20-12-13-22-23(16-20)34-26(28-22)29-25(31)17(2)33-21-11-7-10-19(15-21)27-24(30)14-18-8-5-4-6-9-18/h4-13,15-17H,3,14H2,1-2H3,(H,27,30)(H,28,29,31). The number of carbonyl (C=O) groups is 2. The van der Waals surface area contributed by atoms with Gasteiger partial charge in [-0.25, -0.2) is 4.98 Å². The van der Waals surface area contributed by atoms with Crippen molar-refractivity contribution in [3.05, 3.63) is 78.4 Å². The van der Waals surface area contributed by atoms with Crippen molar-refractivity contribution in [2.45, 2.75) is 30.4 Å². The molecule has 2 N–H and O–H groups in total. The number of fused-ring (bicyclic) bond motifs is 1. The second-order valence-corrected chi connectivity index (χ2v) is 10.0. The van der Waals surface area contributed by atoms with Gasteiger partial charge in [-0.3, -0.25) is 9.59 Å². The highest BCUT2D eigenvalue weighted by atomic mass is 32.2. The summed E-state index contributed by atoms with van der Waals surface area (Å²) >= 11 is 2.85. The number of hydrogen-bond donors (Lipinski definition) is 2. The lowest BCUT2D eigenvalue weighted by atomic mass is 10.1. The fourth-order valence-electron chi connectivity index (χ4n) is 3.31. The fourth-order valence-corrected chi connectivity index (χ4v) is 5.14. The molecule has 174 valence electrons. The van der Waals surface area contributed by atoms with Crippen LogP contribution in [0, 0.1) is 0 Å². The second kappa shape index (κ2) is 11.2. The Kier molecular flexibility index (Phi) is 7.82. The molecular weight excluding hydrogens is 466 g/mol. The van der Waals surface area contributed by atoms with Crippen molar-refractivity contribution in [1.29, 1.82) is 0 Å². The van der Waals surface area contributed by atoms with E-state index in [9.17, 15) is 9.59 Å². The summed E-state index contributed by atoms with van der Waals surface area (Å²) in [5, 5.41) is 6.06. The van der Waals surface area contributed by atoms with Crippen LogP contribution >= 0.6 is 23.1 Å². The number of nitrogens with one attached hydrogen (secondary N) is 2. The lowest BCUT2D eigenvalue weighted by molar-refractivity contribution is -0.116. The number of carbonyl (C=O) groups excluding carboxylic acids is 2. The number of aromatic nitrogens is 1. The molecule has 8 heteroatoms. The smallest absolute Gasteiger partial charge is 0.239 e. The van der Waals surface area contributed by atoms with Crippen molar-refractivity contribution in [3.8, 4) is 5.75 Å². The number of hydrogen-bond acceptors (Lipinski definition) is 6. The third-order valence-electron chi connectivity index (χ3n) is 4.91. The SMILES string of the molecule is CCOc1ccc2nc(NC(=O)C(C)Sc3cccc(NC(=O)Cc4ccccc4)c3)sc2c1. The van der Waals surface area contributed by atoms with Crippen LogP contribution in [0.25, 0.3) is 10.2 Å². The molecule has 0 aliphatic rings. The number of anilines is 2. The van der Waals surface area contributed by atoms with E-state index in [1.165, 1.54) is 23.1 Å². The largest absolute Gasteiger partial charge is 0.494 e. The zero-order chi connectivity index (χ0) is 23.9. The van der Waals surface area contributed by atoms with Crippen LogP contribution in [0.3, 0.4) is 0 Å². The average Bonchev–Trinajstić information content (AvgIpc) is 3.21. The van der Waals surface area contributed by atoms with Gasteiger partial charge < -0.3 is 15.4 Å². The number of ether oxygens (including phenoxy) is 1. The molecule has 1 aromatic heterocycles. The lowest BCUT2D eigenvalue weighted by Crippen LogP contribution is -2.22. The van der Waals surface area contributed by atoms with Crippen molar-refractivity contribution < 1.29 is 14.3 Å². The maximum absolute atomic E-state index is 12.8. The summed E-state index contributed by atoms with van der Waals surface area (Å²) in [6, 6.07) is 22.8. The van der Waals surface area contributed by atoms with Gasteiger partial charge in [-0.1, -0.05) is 47.7 Å². The monoisotopic (exact) mass is 491 g/mol. The first-order chi connectivity index (χ1) is 16.5. The van der Waals surface area contributed by atoms with Gasteiger partial charge in [-0.05, 0) is 55.8 Å². The number of benzene rings is 3. The zero-order valence-electron chi connectivity index (χ0n) is 18.9.